The van der Waals surface area contributed by atoms with Crippen molar-refractivity contribution in [3.8, 4) is 0 Å². The molecule has 1 aliphatic heterocycles. The Labute approximate surface area is 175 Å². The SMILES string of the molecule is CSc1ccc(NC(=O)C2CC23CCN(C(=O)/C=C/c2ccncc2)CC3)cc1. The van der Waals surface area contributed by atoms with Gasteiger partial charge in [0, 0.05) is 48.1 Å². The van der Waals surface area contributed by atoms with Crippen LogP contribution in [0.2, 0.25) is 0 Å². The first kappa shape index (κ1) is 19.7. The van der Waals surface area contributed by atoms with Gasteiger partial charge in [0.25, 0.3) is 0 Å². The summed E-state index contributed by atoms with van der Waals surface area (Å²) in [5.74, 6) is 0.207. The summed E-state index contributed by atoms with van der Waals surface area (Å²) in [6, 6.07) is 11.7. The molecule has 4 rings (SSSR count). The molecule has 6 heteroatoms. The first-order valence-corrected chi connectivity index (χ1v) is 11.1. The molecule has 1 unspecified atom stereocenters. The maximum atomic E-state index is 12.7. The van der Waals surface area contributed by atoms with Crippen LogP contribution in [-0.2, 0) is 9.59 Å². The van der Waals surface area contributed by atoms with E-state index in [0.717, 1.165) is 30.5 Å². The lowest BCUT2D eigenvalue weighted by atomic mass is 9.90. The number of pyridine rings is 1. The topological polar surface area (TPSA) is 62.3 Å². The number of carbonyl (C=O) groups is 2. The summed E-state index contributed by atoms with van der Waals surface area (Å²) in [6.07, 6.45) is 11.6. The van der Waals surface area contributed by atoms with E-state index in [2.05, 4.69) is 10.3 Å². The molecule has 2 aromatic rings. The molecule has 2 amide bonds. The fourth-order valence-electron chi connectivity index (χ4n) is 4.09. The van der Waals surface area contributed by atoms with Crippen molar-refractivity contribution in [1.29, 1.82) is 0 Å². The molecule has 1 aliphatic carbocycles. The van der Waals surface area contributed by atoms with Crippen molar-refractivity contribution in [1.82, 2.24) is 9.88 Å². The number of piperidine rings is 1. The number of thioether (sulfide) groups is 1. The quantitative estimate of drug-likeness (QED) is 0.599. The Morgan fingerprint density at radius 3 is 2.48 bits per heavy atom. The standard InChI is InChI=1S/C23H25N3O2S/c1-29-19-5-3-18(4-6-19)25-22(28)20-16-23(20)10-14-26(15-11-23)21(27)7-2-17-8-12-24-13-9-17/h2-9,12-13,20H,10-11,14-16H2,1H3,(H,25,28)/b7-2+. The maximum absolute atomic E-state index is 12.7. The molecule has 1 saturated heterocycles. The minimum atomic E-state index is 0.0344. The van der Waals surface area contributed by atoms with E-state index in [-0.39, 0.29) is 23.1 Å². The van der Waals surface area contributed by atoms with Crippen molar-refractivity contribution in [3.63, 3.8) is 0 Å². The van der Waals surface area contributed by atoms with E-state index in [4.69, 9.17) is 0 Å². The summed E-state index contributed by atoms with van der Waals surface area (Å²) < 4.78 is 0. The Kier molecular flexibility index (Phi) is 5.72. The van der Waals surface area contributed by atoms with Gasteiger partial charge in [-0.3, -0.25) is 14.6 Å². The van der Waals surface area contributed by atoms with E-state index in [1.807, 2.05) is 53.6 Å². The second kappa shape index (κ2) is 8.41. The first-order chi connectivity index (χ1) is 14.1. The lowest BCUT2D eigenvalue weighted by molar-refractivity contribution is -0.127. The highest BCUT2D eigenvalue weighted by Gasteiger charge is 2.58. The lowest BCUT2D eigenvalue weighted by Crippen LogP contribution is -2.39. The van der Waals surface area contributed by atoms with Crippen LogP contribution in [-0.4, -0.2) is 41.0 Å². The van der Waals surface area contributed by atoms with Crippen molar-refractivity contribution < 1.29 is 9.59 Å². The molecular formula is C23H25N3O2S. The van der Waals surface area contributed by atoms with Gasteiger partial charge in [0.15, 0.2) is 0 Å². The number of amides is 2. The van der Waals surface area contributed by atoms with Crippen LogP contribution in [0.1, 0.15) is 24.8 Å². The molecule has 2 aliphatic rings. The van der Waals surface area contributed by atoms with Gasteiger partial charge in [0.05, 0.1) is 0 Å². The Hall–Kier alpha value is -2.60. The molecule has 150 valence electrons. The smallest absolute Gasteiger partial charge is 0.246 e. The van der Waals surface area contributed by atoms with Gasteiger partial charge in [-0.25, -0.2) is 0 Å². The molecule has 1 spiro atoms. The summed E-state index contributed by atoms with van der Waals surface area (Å²) in [7, 11) is 0. The minimum Gasteiger partial charge on any atom is -0.339 e. The Morgan fingerprint density at radius 2 is 1.83 bits per heavy atom. The summed E-state index contributed by atoms with van der Waals surface area (Å²) in [5.41, 5.74) is 1.89. The van der Waals surface area contributed by atoms with Crippen molar-refractivity contribution in [2.45, 2.75) is 24.2 Å². The molecule has 5 nitrogen and oxygen atoms in total. The fraction of sp³-hybridized carbons (Fsp3) is 0.348. The third-order valence-corrected chi connectivity index (χ3v) is 6.80. The van der Waals surface area contributed by atoms with Crippen molar-refractivity contribution in [2.24, 2.45) is 11.3 Å². The van der Waals surface area contributed by atoms with Crippen LogP contribution in [0.5, 0.6) is 0 Å². The lowest BCUT2D eigenvalue weighted by Gasteiger charge is -2.32. The second-order valence-corrected chi connectivity index (χ2v) is 8.66. The third-order valence-electron chi connectivity index (χ3n) is 6.06. The van der Waals surface area contributed by atoms with Gasteiger partial charge >= 0.3 is 0 Å². The number of rotatable bonds is 5. The number of hydrogen-bond donors (Lipinski definition) is 1. The normalized spacial score (nSPS) is 20.0. The first-order valence-electron chi connectivity index (χ1n) is 9.92. The number of nitrogens with one attached hydrogen (secondary N) is 1. The van der Waals surface area contributed by atoms with Crippen molar-refractivity contribution in [2.75, 3.05) is 24.7 Å². The molecular weight excluding hydrogens is 382 g/mol. The number of hydrogen-bond acceptors (Lipinski definition) is 4. The number of benzene rings is 1. The number of nitrogens with zero attached hydrogens (tertiary/aromatic N) is 2. The molecule has 2 heterocycles. The van der Waals surface area contributed by atoms with Crippen LogP contribution in [0.4, 0.5) is 5.69 Å². The Morgan fingerprint density at radius 1 is 1.14 bits per heavy atom. The largest absolute Gasteiger partial charge is 0.339 e. The van der Waals surface area contributed by atoms with E-state index in [0.29, 0.717) is 13.1 Å². The number of carbonyl (C=O) groups excluding carboxylic acids is 2. The van der Waals surface area contributed by atoms with Gasteiger partial charge in [0.1, 0.15) is 0 Å². The van der Waals surface area contributed by atoms with Gasteiger partial charge in [-0.2, -0.15) is 0 Å². The summed E-state index contributed by atoms with van der Waals surface area (Å²) in [6.45, 7) is 1.43. The molecule has 1 atom stereocenters. The fourth-order valence-corrected chi connectivity index (χ4v) is 4.50. The van der Waals surface area contributed by atoms with Gasteiger partial charge in [0.2, 0.25) is 11.8 Å². The van der Waals surface area contributed by atoms with Crippen LogP contribution < -0.4 is 5.32 Å². The zero-order valence-electron chi connectivity index (χ0n) is 16.5. The Balaban J connectivity index is 1.27. The highest BCUT2D eigenvalue weighted by molar-refractivity contribution is 7.98. The average molecular weight is 408 g/mol. The van der Waals surface area contributed by atoms with Crippen molar-refractivity contribution in [3.05, 3.63) is 60.4 Å². The van der Waals surface area contributed by atoms with E-state index in [1.54, 1.807) is 30.2 Å². The molecule has 29 heavy (non-hydrogen) atoms. The molecule has 1 saturated carbocycles. The maximum Gasteiger partial charge on any atom is 0.246 e. The molecule has 2 fully saturated rings. The summed E-state index contributed by atoms with van der Waals surface area (Å²) >= 11 is 1.68. The van der Waals surface area contributed by atoms with E-state index in [9.17, 15) is 9.59 Å². The monoisotopic (exact) mass is 407 g/mol. The predicted molar refractivity (Wildman–Crippen MR) is 116 cm³/mol. The van der Waals surface area contributed by atoms with Crippen LogP contribution in [0.15, 0.2) is 59.8 Å². The van der Waals surface area contributed by atoms with Gasteiger partial charge in [-0.1, -0.05) is 0 Å². The van der Waals surface area contributed by atoms with Crippen LogP contribution >= 0.6 is 11.8 Å². The Bertz CT molecular complexity index is 903. The molecule has 1 aromatic heterocycles. The third kappa shape index (κ3) is 4.53. The average Bonchev–Trinajstić information content (AvgIpc) is 3.47. The van der Waals surface area contributed by atoms with Gasteiger partial charge in [-0.15, -0.1) is 11.8 Å². The van der Waals surface area contributed by atoms with Crippen molar-refractivity contribution >= 4 is 35.3 Å². The zero-order valence-corrected chi connectivity index (χ0v) is 17.3. The van der Waals surface area contributed by atoms with Gasteiger partial charge < -0.3 is 10.2 Å². The molecule has 1 aromatic carbocycles. The minimum absolute atomic E-state index is 0.0344. The van der Waals surface area contributed by atoms with Gasteiger partial charge in [-0.05, 0) is 79.0 Å². The zero-order chi connectivity index (χ0) is 20.3. The number of anilines is 1. The number of aromatic nitrogens is 1. The second-order valence-electron chi connectivity index (χ2n) is 7.78. The van der Waals surface area contributed by atoms with Crippen LogP contribution in [0, 0.1) is 11.3 Å². The highest BCUT2D eigenvalue weighted by Crippen LogP contribution is 2.59. The van der Waals surface area contributed by atoms with Crippen LogP contribution in [0.3, 0.4) is 0 Å². The molecule has 1 N–H and O–H groups in total. The highest BCUT2D eigenvalue weighted by atomic mass is 32.2. The predicted octanol–water partition coefficient (Wildman–Crippen LogP) is 4.08. The number of likely N-dealkylation sites (tertiary alicyclic amines) is 1. The summed E-state index contributed by atoms with van der Waals surface area (Å²) in [4.78, 5) is 32.2. The molecule has 0 bridgehead atoms. The van der Waals surface area contributed by atoms with E-state index >= 15 is 0 Å². The molecule has 0 radical (unpaired) electrons. The van der Waals surface area contributed by atoms with E-state index < -0.39 is 0 Å². The summed E-state index contributed by atoms with van der Waals surface area (Å²) in [5, 5.41) is 3.05. The van der Waals surface area contributed by atoms with Crippen LogP contribution in [0.25, 0.3) is 6.08 Å². The van der Waals surface area contributed by atoms with E-state index in [1.165, 1.54) is 4.90 Å².